The fraction of sp³-hybridized carbons (Fsp3) is 0.444. The number of hydrogen-bond acceptors (Lipinski definition) is 1. The second-order valence-corrected chi connectivity index (χ2v) is 2.15. The molecular weight excluding hydrogens is 138 g/mol. The molecule has 0 aromatic carbocycles. The van der Waals surface area contributed by atoms with Gasteiger partial charge in [-0.05, 0) is 19.9 Å². The Labute approximate surface area is 68.8 Å². The number of aromatic amines is 1. The lowest BCUT2D eigenvalue weighted by Gasteiger charge is -1.91. The topological polar surface area (TPSA) is 32.9 Å². The van der Waals surface area contributed by atoms with Crippen LogP contribution in [0, 0.1) is 13.8 Å². The van der Waals surface area contributed by atoms with Crippen molar-refractivity contribution in [1.82, 2.24) is 4.98 Å². The van der Waals surface area contributed by atoms with Crippen molar-refractivity contribution in [3.63, 3.8) is 0 Å². The number of hydrogen-bond donors (Lipinski definition) is 1. The highest BCUT2D eigenvalue weighted by Gasteiger charge is 1.88. The summed E-state index contributed by atoms with van der Waals surface area (Å²) in [5.74, 6) is 0. The number of rotatable bonds is 0. The summed E-state index contributed by atoms with van der Waals surface area (Å²) in [6.07, 6.45) is 0. The van der Waals surface area contributed by atoms with Crippen LogP contribution in [0.1, 0.15) is 26.5 Å². The third-order valence-corrected chi connectivity index (χ3v) is 1.25. The van der Waals surface area contributed by atoms with Gasteiger partial charge in [0.25, 0.3) is 5.56 Å². The predicted molar refractivity (Wildman–Crippen MR) is 50.0 cm³/mol. The van der Waals surface area contributed by atoms with Crippen molar-refractivity contribution >= 4 is 0 Å². The Bertz CT molecular complexity index is 267. The fourth-order valence-electron chi connectivity index (χ4n) is 0.645. The monoisotopic (exact) mass is 155 g/mol. The van der Waals surface area contributed by atoms with Crippen molar-refractivity contribution < 1.29 is 1.43 Å². The quantitative estimate of drug-likeness (QED) is 0.612. The third-order valence-electron chi connectivity index (χ3n) is 1.25. The first-order valence-corrected chi connectivity index (χ1v) is 3.86. The van der Waals surface area contributed by atoms with Crippen molar-refractivity contribution in [2.24, 2.45) is 0 Å². The van der Waals surface area contributed by atoms with Gasteiger partial charge in [0.05, 0.1) is 0 Å². The van der Waals surface area contributed by atoms with Crippen molar-refractivity contribution in [2.75, 3.05) is 0 Å². The minimum Gasteiger partial charge on any atom is -0.326 e. The molecule has 2 heteroatoms. The molecule has 64 valence electrons. The lowest BCUT2D eigenvalue weighted by molar-refractivity contribution is 1.11. The molecule has 0 aliphatic heterocycles. The van der Waals surface area contributed by atoms with Gasteiger partial charge in [-0.25, -0.2) is 0 Å². The Morgan fingerprint density at radius 2 is 1.82 bits per heavy atom. The summed E-state index contributed by atoms with van der Waals surface area (Å²) < 4.78 is 0. The number of H-pyrrole nitrogens is 1. The van der Waals surface area contributed by atoms with Gasteiger partial charge in [0, 0.05) is 12.7 Å². The first kappa shape index (κ1) is 9.95. The molecule has 0 spiro atoms. The summed E-state index contributed by atoms with van der Waals surface area (Å²) in [6, 6.07) is 3.70. The normalized spacial score (nSPS) is 8.36. The van der Waals surface area contributed by atoms with Gasteiger partial charge >= 0.3 is 0 Å². The second-order valence-electron chi connectivity index (χ2n) is 2.15. The summed E-state index contributed by atoms with van der Waals surface area (Å²) in [4.78, 5) is 13.5. The van der Waals surface area contributed by atoms with Crippen molar-refractivity contribution in [3.8, 4) is 0 Å². The summed E-state index contributed by atoms with van der Waals surface area (Å²) in [5.41, 5.74) is 1.68. The van der Waals surface area contributed by atoms with E-state index in [1.807, 2.05) is 32.9 Å². The third kappa shape index (κ3) is 3.03. The zero-order chi connectivity index (χ0) is 8.85. The largest absolute Gasteiger partial charge is 0.326 e. The highest BCUT2D eigenvalue weighted by Crippen LogP contribution is 1.88. The van der Waals surface area contributed by atoms with E-state index in [-0.39, 0.29) is 6.99 Å². The van der Waals surface area contributed by atoms with E-state index in [2.05, 4.69) is 4.98 Å². The molecule has 0 bridgehead atoms. The number of aromatic nitrogens is 1. The van der Waals surface area contributed by atoms with Gasteiger partial charge in [-0.3, -0.25) is 4.79 Å². The molecule has 1 heterocycles. The molecule has 1 rings (SSSR count). The Kier molecular flexibility index (Phi) is 4.27. The molecule has 1 aromatic rings. The molecule has 11 heavy (non-hydrogen) atoms. The maximum absolute atomic E-state index is 10.8. The predicted octanol–water partition coefficient (Wildman–Crippen LogP) is 2.26. The van der Waals surface area contributed by atoms with Crippen LogP contribution in [0.2, 0.25) is 0 Å². The molecule has 0 atom stereocenters. The van der Waals surface area contributed by atoms with E-state index in [1.165, 1.54) is 0 Å². The van der Waals surface area contributed by atoms with Crippen LogP contribution in [0.3, 0.4) is 0 Å². The van der Waals surface area contributed by atoms with Gasteiger partial charge in [0.15, 0.2) is 0 Å². The molecule has 0 fully saturated rings. The first-order chi connectivity index (χ1) is 5.20. The molecule has 1 N–H and O–H groups in total. The minimum atomic E-state index is 0. The maximum Gasteiger partial charge on any atom is 0.251 e. The van der Waals surface area contributed by atoms with Crippen molar-refractivity contribution in [3.05, 3.63) is 33.7 Å². The summed E-state index contributed by atoms with van der Waals surface area (Å²) in [5, 5.41) is 0. The van der Waals surface area contributed by atoms with E-state index in [0.29, 0.717) is 0 Å². The lowest BCUT2D eigenvalue weighted by Crippen LogP contribution is -2.08. The molecule has 1 aromatic heterocycles. The minimum absolute atomic E-state index is 0. The van der Waals surface area contributed by atoms with Crippen molar-refractivity contribution in [2.45, 2.75) is 27.7 Å². The van der Waals surface area contributed by atoms with Crippen molar-refractivity contribution in [1.29, 1.82) is 0 Å². The van der Waals surface area contributed by atoms with E-state index in [4.69, 9.17) is 0 Å². The standard InChI is InChI=1S/C7H9NO.C2H6.H2/c1-5-3-4-6(2)8-7(5)9;1-2;/h3-4H,1-2H3,(H,8,9);1-2H3;1H. The van der Waals surface area contributed by atoms with Crippen LogP contribution < -0.4 is 5.56 Å². The van der Waals surface area contributed by atoms with Crippen LogP contribution in [-0.2, 0) is 0 Å². The number of aryl methyl sites for hydroxylation is 2. The Balaban J connectivity index is 0. The Morgan fingerprint density at radius 3 is 2.18 bits per heavy atom. The zero-order valence-corrected chi connectivity index (χ0v) is 7.56. The second kappa shape index (κ2) is 4.72. The average molecular weight is 155 g/mol. The number of pyridine rings is 1. The zero-order valence-electron chi connectivity index (χ0n) is 7.56. The van der Waals surface area contributed by atoms with Crippen LogP contribution in [0.4, 0.5) is 0 Å². The van der Waals surface area contributed by atoms with Gasteiger partial charge < -0.3 is 4.98 Å². The van der Waals surface area contributed by atoms with E-state index >= 15 is 0 Å². The molecule has 0 aliphatic rings. The molecule has 0 radical (unpaired) electrons. The van der Waals surface area contributed by atoms with E-state index in [0.717, 1.165) is 11.3 Å². The van der Waals surface area contributed by atoms with Gasteiger partial charge in [-0.2, -0.15) is 0 Å². The molecule has 0 amide bonds. The molecule has 0 saturated heterocycles. The van der Waals surface area contributed by atoms with E-state index in [1.54, 1.807) is 6.92 Å². The van der Waals surface area contributed by atoms with E-state index in [9.17, 15) is 4.79 Å². The van der Waals surface area contributed by atoms with Crippen LogP contribution in [0.25, 0.3) is 0 Å². The number of nitrogens with one attached hydrogen (secondary N) is 1. The Morgan fingerprint density at radius 1 is 1.27 bits per heavy atom. The van der Waals surface area contributed by atoms with Gasteiger partial charge in [0.2, 0.25) is 0 Å². The Hall–Kier alpha value is -1.05. The average Bonchev–Trinajstić information content (AvgIpc) is 2.02. The van der Waals surface area contributed by atoms with Crippen LogP contribution in [0.5, 0.6) is 0 Å². The van der Waals surface area contributed by atoms with Gasteiger partial charge in [-0.1, -0.05) is 19.9 Å². The van der Waals surface area contributed by atoms with Crippen LogP contribution >= 0.6 is 0 Å². The molecule has 0 saturated carbocycles. The van der Waals surface area contributed by atoms with E-state index < -0.39 is 0 Å². The molecular formula is C9H17NO. The smallest absolute Gasteiger partial charge is 0.251 e. The molecule has 0 unspecified atom stereocenters. The molecule has 0 aliphatic carbocycles. The summed E-state index contributed by atoms with van der Waals surface area (Å²) >= 11 is 0. The summed E-state index contributed by atoms with van der Waals surface area (Å²) in [6.45, 7) is 7.65. The van der Waals surface area contributed by atoms with Crippen LogP contribution in [-0.4, -0.2) is 4.98 Å². The van der Waals surface area contributed by atoms with Crippen LogP contribution in [0.15, 0.2) is 16.9 Å². The van der Waals surface area contributed by atoms with Gasteiger partial charge in [-0.15, -0.1) is 0 Å². The first-order valence-electron chi connectivity index (χ1n) is 3.86. The van der Waals surface area contributed by atoms with Gasteiger partial charge in [0.1, 0.15) is 0 Å². The summed E-state index contributed by atoms with van der Waals surface area (Å²) in [7, 11) is 0. The lowest BCUT2D eigenvalue weighted by atomic mass is 10.3. The highest BCUT2D eigenvalue weighted by molar-refractivity contribution is 5.10. The maximum atomic E-state index is 10.8. The highest BCUT2D eigenvalue weighted by atomic mass is 16.1. The molecule has 2 nitrogen and oxygen atoms in total. The fourth-order valence-corrected chi connectivity index (χ4v) is 0.645. The SMILES string of the molecule is CC.Cc1ccc(C)c(=O)[nH]1.[HH].